The number of alkyl halides is 6. The van der Waals surface area contributed by atoms with Crippen LogP contribution in [0.3, 0.4) is 0 Å². The van der Waals surface area contributed by atoms with Crippen LogP contribution in [0.25, 0.3) is 11.3 Å². The summed E-state index contributed by atoms with van der Waals surface area (Å²) in [4.78, 5) is 3.11. The number of hydrogen-bond donors (Lipinski definition) is 1. The van der Waals surface area contributed by atoms with Crippen molar-refractivity contribution in [1.29, 1.82) is 0 Å². The first-order valence-electron chi connectivity index (χ1n) is 5.54. The highest BCUT2D eigenvalue weighted by atomic mass is 19.4. The lowest BCUT2D eigenvalue weighted by Crippen LogP contribution is -2.11. The molecule has 0 spiro atoms. The minimum absolute atomic E-state index is 0.490. The van der Waals surface area contributed by atoms with Crippen molar-refractivity contribution in [3.8, 4) is 17.0 Å². The number of aromatic nitrogens is 1. The van der Waals surface area contributed by atoms with Gasteiger partial charge in [0.1, 0.15) is 5.75 Å². The van der Waals surface area contributed by atoms with E-state index in [2.05, 4.69) is 4.98 Å². The van der Waals surface area contributed by atoms with E-state index in [1.165, 1.54) is 6.07 Å². The number of nitrogens with zero attached hydrogens (tertiary/aromatic N) is 1. The summed E-state index contributed by atoms with van der Waals surface area (Å²) < 4.78 is 76.4. The second kappa shape index (κ2) is 4.94. The third-order valence-corrected chi connectivity index (χ3v) is 2.65. The summed E-state index contributed by atoms with van der Waals surface area (Å²) in [6.45, 7) is 0. The van der Waals surface area contributed by atoms with Crippen LogP contribution in [0, 0.1) is 0 Å². The Morgan fingerprint density at radius 3 is 2.00 bits per heavy atom. The summed E-state index contributed by atoms with van der Waals surface area (Å²) in [6.07, 6.45) is -9.69. The first-order chi connectivity index (χ1) is 9.60. The predicted octanol–water partition coefficient (Wildman–Crippen LogP) is 4.49. The van der Waals surface area contributed by atoms with Gasteiger partial charge in [-0.3, -0.25) is 0 Å². The largest absolute Gasteiger partial charge is 0.506 e. The third-order valence-electron chi connectivity index (χ3n) is 2.65. The van der Waals surface area contributed by atoms with Crippen LogP contribution in [-0.2, 0) is 12.4 Å². The van der Waals surface area contributed by atoms with Gasteiger partial charge >= 0.3 is 12.4 Å². The fraction of sp³-hybridized carbons (Fsp3) is 0.154. The Labute approximate surface area is 114 Å². The van der Waals surface area contributed by atoms with E-state index in [0.717, 1.165) is 24.3 Å². The van der Waals surface area contributed by atoms with Gasteiger partial charge in [0.25, 0.3) is 0 Å². The monoisotopic (exact) mass is 307 g/mol. The maximum atomic E-state index is 12.8. The van der Waals surface area contributed by atoms with Gasteiger partial charge in [-0.15, -0.1) is 0 Å². The number of rotatable bonds is 1. The summed E-state index contributed by atoms with van der Waals surface area (Å²) in [5, 5.41) is 9.14. The number of pyridine rings is 1. The van der Waals surface area contributed by atoms with Crippen molar-refractivity contribution in [3.63, 3.8) is 0 Å². The first-order valence-corrected chi connectivity index (χ1v) is 5.54. The zero-order valence-corrected chi connectivity index (χ0v) is 10.1. The van der Waals surface area contributed by atoms with Crippen molar-refractivity contribution in [1.82, 2.24) is 4.98 Å². The van der Waals surface area contributed by atoms with Crippen molar-refractivity contribution in [2.24, 2.45) is 0 Å². The summed E-state index contributed by atoms with van der Waals surface area (Å²) in [5.41, 5.74) is -3.74. The molecule has 1 aromatic carbocycles. The molecule has 112 valence electrons. The second-order valence-electron chi connectivity index (χ2n) is 4.11. The van der Waals surface area contributed by atoms with Crippen molar-refractivity contribution in [2.45, 2.75) is 12.4 Å². The van der Waals surface area contributed by atoms with E-state index in [4.69, 9.17) is 5.11 Å². The zero-order valence-electron chi connectivity index (χ0n) is 10.1. The van der Waals surface area contributed by atoms with E-state index in [1.807, 2.05) is 0 Å². The fourth-order valence-electron chi connectivity index (χ4n) is 1.76. The molecule has 0 saturated heterocycles. The Morgan fingerprint density at radius 2 is 1.43 bits per heavy atom. The summed E-state index contributed by atoms with van der Waals surface area (Å²) in [6, 6.07) is 5.71. The highest BCUT2D eigenvalue weighted by molar-refractivity contribution is 5.65. The minimum atomic E-state index is -4.97. The lowest BCUT2D eigenvalue weighted by atomic mass is 10.0. The number of halogens is 6. The molecule has 8 heteroatoms. The second-order valence-corrected chi connectivity index (χ2v) is 4.11. The van der Waals surface area contributed by atoms with Gasteiger partial charge in [-0.05, 0) is 18.2 Å². The smallest absolute Gasteiger partial charge is 0.437 e. The van der Waals surface area contributed by atoms with Gasteiger partial charge < -0.3 is 5.11 Å². The van der Waals surface area contributed by atoms with E-state index < -0.39 is 40.6 Å². The average molecular weight is 307 g/mol. The molecule has 0 aliphatic rings. The van der Waals surface area contributed by atoms with E-state index >= 15 is 0 Å². The lowest BCUT2D eigenvalue weighted by Gasteiger charge is -2.14. The molecule has 0 atom stereocenters. The van der Waals surface area contributed by atoms with Crippen LogP contribution in [0.2, 0.25) is 0 Å². The predicted molar refractivity (Wildman–Crippen MR) is 61.3 cm³/mol. The molecular formula is C13H7F6NO. The van der Waals surface area contributed by atoms with Gasteiger partial charge in [0.05, 0.1) is 11.3 Å². The molecular weight excluding hydrogens is 300 g/mol. The van der Waals surface area contributed by atoms with Gasteiger partial charge in [-0.2, -0.15) is 26.3 Å². The maximum Gasteiger partial charge on any atom is 0.437 e. The number of hydrogen-bond acceptors (Lipinski definition) is 2. The van der Waals surface area contributed by atoms with E-state index in [1.54, 1.807) is 0 Å². The van der Waals surface area contributed by atoms with Gasteiger partial charge in [-0.25, -0.2) is 4.98 Å². The average Bonchev–Trinajstić information content (AvgIpc) is 2.37. The van der Waals surface area contributed by atoms with Crippen LogP contribution in [0.5, 0.6) is 5.75 Å². The van der Waals surface area contributed by atoms with E-state index in [9.17, 15) is 26.3 Å². The van der Waals surface area contributed by atoms with Crippen LogP contribution in [-0.4, -0.2) is 10.1 Å². The molecule has 0 amide bonds. The van der Waals surface area contributed by atoms with Crippen molar-refractivity contribution in [2.75, 3.05) is 0 Å². The van der Waals surface area contributed by atoms with Crippen LogP contribution in [0.15, 0.2) is 36.4 Å². The molecule has 2 rings (SSSR count). The molecule has 0 radical (unpaired) electrons. The third kappa shape index (κ3) is 3.09. The van der Waals surface area contributed by atoms with Gasteiger partial charge in [0.2, 0.25) is 0 Å². The normalized spacial score (nSPS) is 12.5. The summed E-state index contributed by atoms with van der Waals surface area (Å²) in [5.74, 6) is -1.14. The molecule has 0 aliphatic heterocycles. The summed E-state index contributed by atoms with van der Waals surface area (Å²) in [7, 11) is 0. The molecule has 0 saturated carbocycles. The standard InChI is InChI=1S/C13H7F6NO/c14-12(15,16)8-4-2-1-3-7(8)9-5-6-10(21)11(20-9)13(17,18)19/h1-6,21H. The van der Waals surface area contributed by atoms with E-state index in [-0.39, 0.29) is 0 Å². The minimum Gasteiger partial charge on any atom is -0.506 e. The van der Waals surface area contributed by atoms with Crippen molar-refractivity contribution < 1.29 is 31.4 Å². The summed E-state index contributed by atoms with van der Waals surface area (Å²) >= 11 is 0. The Balaban J connectivity index is 2.64. The Bertz CT molecular complexity index is 662. The SMILES string of the molecule is Oc1ccc(-c2ccccc2C(F)(F)F)nc1C(F)(F)F. The van der Waals surface area contributed by atoms with Crippen molar-refractivity contribution >= 4 is 0 Å². The first kappa shape index (κ1) is 15.1. The molecule has 0 aliphatic carbocycles. The van der Waals surface area contributed by atoms with Crippen LogP contribution in [0.4, 0.5) is 26.3 Å². The molecule has 0 bridgehead atoms. The Kier molecular flexibility index (Phi) is 3.56. The van der Waals surface area contributed by atoms with Crippen LogP contribution >= 0.6 is 0 Å². The fourth-order valence-corrected chi connectivity index (χ4v) is 1.76. The molecule has 0 fully saturated rings. The Morgan fingerprint density at radius 1 is 0.810 bits per heavy atom. The maximum absolute atomic E-state index is 12.8. The topological polar surface area (TPSA) is 33.1 Å². The highest BCUT2D eigenvalue weighted by Crippen LogP contribution is 2.39. The molecule has 1 N–H and O–H groups in total. The molecule has 2 aromatic rings. The molecule has 2 nitrogen and oxygen atoms in total. The molecule has 1 heterocycles. The molecule has 1 aromatic heterocycles. The molecule has 0 unspecified atom stereocenters. The van der Waals surface area contributed by atoms with Gasteiger partial charge in [-0.1, -0.05) is 18.2 Å². The van der Waals surface area contributed by atoms with E-state index in [0.29, 0.717) is 6.07 Å². The zero-order chi connectivity index (χ0) is 15.8. The Hall–Kier alpha value is -2.25. The lowest BCUT2D eigenvalue weighted by molar-refractivity contribution is -0.142. The van der Waals surface area contributed by atoms with Gasteiger partial charge in [0, 0.05) is 5.56 Å². The highest BCUT2D eigenvalue weighted by Gasteiger charge is 2.37. The van der Waals surface area contributed by atoms with Gasteiger partial charge in [0.15, 0.2) is 5.69 Å². The number of aromatic hydroxyl groups is 1. The quantitative estimate of drug-likeness (QED) is 0.787. The number of benzene rings is 1. The van der Waals surface area contributed by atoms with Crippen molar-refractivity contribution in [3.05, 3.63) is 47.7 Å². The van der Waals surface area contributed by atoms with Crippen LogP contribution in [0.1, 0.15) is 11.3 Å². The van der Waals surface area contributed by atoms with Crippen LogP contribution < -0.4 is 0 Å². The molecule has 21 heavy (non-hydrogen) atoms.